The van der Waals surface area contributed by atoms with Crippen LogP contribution >= 0.6 is 34.8 Å². The Hall–Kier alpha value is -1.75. The van der Waals surface area contributed by atoms with E-state index in [1.54, 1.807) is 12.1 Å². The van der Waals surface area contributed by atoms with Crippen LogP contribution in [0.4, 0.5) is 0 Å². The SMILES string of the molecule is O=C(O)/C=C/c1cccnc1Oc1cc(Cl)c(Cl)cc1Cl. The molecule has 0 radical (unpaired) electrons. The van der Waals surface area contributed by atoms with Crippen LogP contribution in [0.2, 0.25) is 15.1 Å². The van der Waals surface area contributed by atoms with Gasteiger partial charge in [-0.05, 0) is 24.3 Å². The number of hydrogen-bond acceptors (Lipinski definition) is 3. The fourth-order valence-corrected chi connectivity index (χ4v) is 2.04. The molecule has 7 heteroatoms. The number of carbonyl (C=O) groups is 1. The summed E-state index contributed by atoms with van der Waals surface area (Å²) in [6, 6.07) is 6.24. The molecule has 0 saturated heterocycles. The first-order valence-corrected chi connectivity index (χ1v) is 6.79. The summed E-state index contributed by atoms with van der Waals surface area (Å²) in [7, 11) is 0. The Morgan fingerprint density at radius 1 is 1.19 bits per heavy atom. The molecule has 0 saturated carbocycles. The van der Waals surface area contributed by atoms with Crippen molar-refractivity contribution in [2.45, 2.75) is 0 Å². The molecule has 0 bridgehead atoms. The minimum absolute atomic E-state index is 0.204. The van der Waals surface area contributed by atoms with E-state index in [0.717, 1.165) is 6.08 Å². The van der Waals surface area contributed by atoms with E-state index in [-0.39, 0.29) is 21.7 Å². The van der Waals surface area contributed by atoms with Crippen LogP contribution in [0.3, 0.4) is 0 Å². The summed E-state index contributed by atoms with van der Waals surface area (Å²) in [6.45, 7) is 0. The van der Waals surface area contributed by atoms with E-state index in [4.69, 9.17) is 44.6 Å². The molecule has 0 amide bonds. The number of aromatic nitrogens is 1. The fraction of sp³-hybridized carbons (Fsp3) is 0. The summed E-state index contributed by atoms with van der Waals surface area (Å²) in [5.41, 5.74) is 0.488. The van der Waals surface area contributed by atoms with Crippen molar-refractivity contribution in [1.82, 2.24) is 4.98 Å². The van der Waals surface area contributed by atoms with Crippen molar-refractivity contribution in [2.24, 2.45) is 0 Å². The normalized spacial score (nSPS) is 10.8. The number of ether oxygens (including phenoxy) is 1. The molecule has 1 aromatic carbocycles. The van der Waals surface area contributed by atoms with Gasteiger partial charge >= 0.3 is 5.97 Å². The van der Waals surface area contributed by atoms with Gasteiger partial charge < -0.3 is 9.84 Å². The third kappa shape index (κ3) is 4.11. The van der Waals surface area contributed by atoms with Gasteiger partial charge in [-0.15, -0.1) is 0 Å². The topological polar surface area (TPSA) is 59.4 Å². The zero-order valence-corrected chi connectivity index (χ0v) is 12.7. The van der Waals surface area contributed by atoms with Crippen molar-refractivity contribution in [1.29, 1.82) is 0 Å². The number of nitrogens with zero attached hydrogens (tertiary/aromatic N) is 1. The average molecular weight is 345 g/mol. The van der Waals surface area contributed by atoms with Gasteiger partial charge in [0.1, 0.15) is 5.75 Å². The van der Waals surface area contributed by atoms with E-state index < -0.39 is 5.97 Å². The van der Waals surface area contributed by atoms with E-state index in [9.17, 15) is 4.79 Å². The second-order valence-electron chi connectivity index (χ2n) is 3.87. The summed E-state index contributed by atoms with van der Waals surface area (Å²) in [4.78, 5) is 14.6. The van der Waals surface area contributed by atoms with Gasteiger partial charge in [0.25, 0.3) is 0 Å². The molecule has 21 heavy (non-hydrogen) atoms. The van der Waals surface area contributed by atoms with Crippen LogP contribution in [0.5, 0.6) is 11.6 Å². The Morgan fingerprint density at radius 2 is 1.90 bits per heavy atom. The summed E-state index contributed by atoms with van der Waals surface area (Å²) >= 11 is 17.8. The van der Waals surface area contributed by atoms with Crippen LogP contribution in [0.15, 0.2) is 36.5 Å². The molecule has 0 unspecified atom stereocenters. The smallest absolute Gasteiger partial charge is 0.328 e. The predicted molar refractivity (Wildman–Crippen MR) is 82.5 cm³/mol. The molecular formula is C14H8Cl3NO3. The monoisotopic (exact) mass is 343 g/mol. The van der Waals surface area contributed by atoms with Crippen LogP contribution in [0.25, 0.3) is 6.08 Å². The highest BCUT2D eigenvalue weighted by Gasteiger charge is 2.10. The lowest BCUT2D eigenvalue weighted by atomic mass is 10.2. The maximum absolute atomic E-state index is 10.6. The van der Waals surface area contributed by atoms with Crippen molar-refractivity contribution in [3.63, 3.8) is 0 Å². The fourth-order valence-electron chi connectivity index (χ4n) is 1.46. The minimum Gasteiger partial charge on any atom is -0.478 e. The first-order valence-electron chi connectivity index (χ1n) is 5.66. The number of pyridine rings is 1. The largest absolute Gasteiger partial charge is 0.478 e. The Bertz CT molecular complexity index is 717. The highest BCUT2D eigenvalue weighted by Crippen LogP contribution is 2.36. The molecule has 1 aromatic heterocycles. The van der Waals surface area contributed by atoms with E-state index >= 15 is 0 Å². The predicted octanol–water partition coefficient (Wildman–Crippen LogP) is 4.93. The second-order valence-corrected chi connectivity index (χ2v) is 5.09. The molecule has 1 heterocycles. The van der Waals surface area contributed by atoms with Crippen LogP contribution in [0.1, 0.15) is 5.56 Å². The molecular weight excluding hydrogens is 337 g/mol. The summed E-state index contributed by atoms with van der Waals surface area (Å²) in [6.07, 6.45) is 3.87. The van der Waals surface area contributed by atoms with E-state index in [2.05, 4.69) is 4.98 Å². The number of carboxylic acids is 1. The van der Waals surface area contributed by atoms with Crippen molar-refractivity contribution < 1.29 is 14.6 Å². The van der Waals surface area contributed by atoms with Crippen molar-refractivity contribution in [3.8, 4) is 11.6 Å². The number of halogens is 3. The Labute approximate surface area is 135 Å². The second kappa shape index (κ2) is 6.80. The minimum atomic E-state index is -1.07. The van der Waals surface area contributed by atoms with Gasteiger partial charge in [0, 0.05) is 23.9 Å². The first-order chi connectivity index (χ1) is 9.97. The van der Waals surface area contributed by atoms with Gasteiger partial charge in [0.15, 0.2) is 0 Å². The molecule has 2 aromatic rings. The molecule has 4 nitrogen and oxygen atoms in total. The summed E-state index contributed by atoms with van der Waals surface area (Å²) in [5.74, 6) is -0.595. The van der Waals surface area contributed by atoms with Crippen LogP contribution in [0, 0.1) is 0 Å². The van der Waals surface area contributed by atoms with Crippen molar-refractivity contribution in [2.75, 3.05) is 0 Å². The molecule has 0 aliphatic rings. The molecule has 108 valence electrons. The molecule has 2 rings (SSSR count). The maximum Gasteiger partial charge on any atom is 0.328 e. The third-order valence-corrected chi connectivity index (χ3v) is 3.41. The van der Waals surface area contributed by atoms with Gasteiger partial charge in [0.05, 0.1) is 15.1 Å². The van der Waals surface area contributed by atoms with Crippen molar-refractivity contribution >= 4 is 46.8 Å². The van der Waals surface area contributed by atoms with Gasteiger partial charge in [-0.1, -0.05) is 34.8 Å². The van der Waals surface area contributed by atoms with Gasteiger partial charge in [-0.2, -0.15) is 0 Å². The average Bonchev–Trinajstić information content (AvgIpc) is 2.43. The van der Waals surface area contributed by atoms with Gasteiger partial charge in [-0.25, -0.2) is 9.78 Å². The molecule has 0 aliphatic carbocycles. The van der Waals surface area contributed by atoms with E-state index in [0.29, 0.717) is 10.6 Å². The van der Waals surface area contributed by atoms with E-state index in [1.807, 2.05) is 0 Å². The Kier molecular flexibility index (Phi) is 5.07. The summed E-state index contributed by atoms with van der Waals surface area (Å²) < 4.78 is 5.58. The zero-order chi connectivity index (χ0) is 15.4. The quantitative estimate of drug-likeness (QED) is 0.631. The lowest BCUT2D eigenvalue weighted by Crippen LogP contribution is -1.93. The lowest BCUT2D eigenvalue weighted by Gasteiger charge is -2.10. The zero-order valence-electron chi connectivity index (χ0n) is 10.4. The Morgan fingerprint density at radius 3 is 2.62 bits per heavy atom. The molecule has 1 N–H and O–H groups in total. The summed E-state index contributed by atoms with van der Waals surface area (Å²) in [5, 5.41) is 9.53. The van der Waals surface area contributed by atoms with E-state index in [1.165, 1.54) is 24.4 Å². The number of hydrogen-bond donors (Lipinski definition) is 1. The number of benzene rings is 1. The molecule has 0 fully saturated rings. The van der Waals surface area contributed by atoms with Crippen LogP contribution in [-0.2, 0) is 4.79 Å². The lowest BCUT2D eigenvalue weighted by molar-refractivity contribution is -0.131. The van der Waals surface area contributed by atoms with Crippen LogP contribution < -0.4 is 4.74 Å². The van der Waals surface area contributed by atoms with Gasteiger partial charge in [0.2, 0.25) is 5.88 Å². The number of aliphatic carboxylic acids is 1. The Balaban J connectivity index is 2.36. The number of carboxylic acid groups (broad SMARTS) is 1. The molecule has 0 atom stereocenters. The van der Waals surface area contributed by atoms with Crippen molar-refractivity contribution in [3.05, 3.63) is 57.2 Å². The van der Waals surface area contributed by atoms with Gasteiger partial charge in [-0.3, -0.25) is 0 Å². The highest BCUT2D eigenvalue weighted by molar-refractivity contribution is 6.43. The standard InChI is InChI=1S/C14H8Cl3NO3/c15-9-6-11(17)12(7-10(9)16)21-14-8(2-1-5-18-14)3-4-13(19)20/h1-7H,(H,19,20)/b4-3+. The third-order valence-electron chi connectivity index (χ3n) is 2.39. The van der Waals surface area contributed by atoms with Crippen LogP contribution in [-0.4, -0.2) is 16.1 Å². The molecule has 0 spiro atoms. The number of rotatable bonds is 4. The highest BCUT2D eigenvalue weighted by atomic mass is 35.5. The molecule has 0 aliphatic heterocycles. The maximum atomic E-state index is 10.6. The first kappa shape index (κ1) is 15.6.